The molecule has 1 N–H and O–H groups in total. The molecule has 1 aromatic rings. The van der Waals surface area contributed by atoms with Crippen LogP contribution >= 0.6 is 0 Å². The van der Waals surface area contributed by atoms with Crippen LogP contribution in [0, 0.1) is 6.92 Å². The highest BCUT2D eigenvalue weighted by molar-refractivity contribution is 5.27. The first-order chi connectivity index (χ1) is 7.18. The molecule has 0 radical (unpaired) electrons. The lowest BCUT2D eigenvalue weighted by Crippen LogP contribution is -2.05. The summed E-state index contributed by atoms with van der Waals surface area (Å²) in [6.45, 7) is 1.95. The van der Waals surface area contributed by atoms with Gasteiger partial charge in [-0.3, -0.25) is 4.68 Å². The Morgan fingerprint density at radius 2 is 2.27 bits per heavy atom. The van der Waals surface area contributed by atoms with Crippen LogP contribution in [0.2, 0.25) is 0 Å². The number of hydrogen-bond donors (Lipinski definition) is 1. The molecular weight excluding hydrogens is 188 g/mol. The standard InChI is InChI=1S/C12H18N2O/c1-9-11(8-14(2)13-9)12(15)10-6-4-3-5-7-10/h6,8,12,15H,3-5,7H2,1-2H3. The van der Waals surface area contributed by atoms with E-state index in [0.717, 1.165) is 29.7 Å². The maximum atomic E-state index is 10.2. The molecule has 1 heterocycles. The van der Waals surface area contributed by atoms with Crippen LogP contribution in [0.25, 0.3) is 0 Å². The molecule has 1 aromatic heterocycles. The van der Waals surface area contributed by atoms with Gasteiger partial charge in [0.2, 0.25) is 0 Å². The second-order valence-electron chi connectivity index (χ2n) is 4.27. The Labute approximate surface area is 90.4 Å². The monoisotopic (exact) mass is 206 g/mol. The first-order valence-corrected chi connectivity index (χ1v) is 5.55. The van der Waals surface area contributed by atoms with E-state index >= 15 is 0 Å². The molecule has 0 saturated heterocycles. The van der Waals surface area contributed by atoms with Crippen molar-refractivity contribution >= 4 is 0 Å². The molecule has 0 aliphatic heterocycles. The van der Waals surface area contributed by atoms with Gasteiger partial charge in [0, 0.05) is 18.8 Å². The van der Waals surface area contributed by atoms with Gasteiger partial charge in [0.15, 0.2) is 0 Å². The summed E-state index contributed by atoms with van der Waals surface area (Å²) in [5.41, 5.74) is 3.04. The first-order valence-electron chi connectivity index (χ1n) is 5.55. The summed E-state index contributed by atoms with van der Waals surface area (Å²) in [6, 6.07) is 0. The van der Waals surface area contributed by atoms with Crippen molar-refractivity contribution in [2.75, 3.05) is 0 Å². The van der Waals surface area contributed by atoms with Gasteiger partial charge < -0.3 is 5.11 Å². The average molecular weight is 206 g/mol. The van der Waals surface area contributed by atoms with Gasteiger partial charge in [-0.2, -0.15) is 5.10 Å². The van der Waals surface area contributed by atoms with E-state index in [1.165, 1.54) is 12.8 Å². The lowest BCUT2D eigenvalue weighted by Gasteiger charge is -2.18. The highest BCUT2D eigenvalue weighted by Gasteiger charge is 2.18. The summed E-state index contributed by atoms with van der Waals surface area (Å²) in [5.74, 6) is 0. The highest BCUT2D eigenvalue weighted by atomic mass is 16.3. The Morgan fingerprint density at radius 1 is 1.47 bits per heavy atom. The van der Waals surface area contributed by atoms with E-state index in [4.69, 9.17) is 0 Å². The van der Waals surface area contributed by atoms with E-state index in [2.05, 4.69) is 11.2 Å². The van der Waals surface area contributed by atoms with Crippen molar-refractivity contribution in [1.29, 1.82) is 0 Å². The fraction of sp³-hybridized carbons (Fsp3) is 0.583. The Morgan fingerprint density at radius 3 is 2.80 bits per heavy atom. The number of allylic oxidation sites excluding steroid dienone is 1. The summed E-state index contributed by atoms with van der Waals surface area (Å²) in [5, 5.41) is 14.5. The highest BCUT2D eigenvalue weighted by Crippen LogP contribution is 2.30. The molecule has 0 bridgehead atoms. The fourth-order valence-electron chi connectivity index (χ4n) is 2.20. The van der Waals surface area contributed by atoms with E-state index in [1.807, 2.05) is 20.2 Å². The summed E-state index contributed by atoms with van der Waals surface area (Å²) >= 11 is 0. The van der Waals surface area contributed by atoms with Crippen LogP contribution in [0.1, 0.15) is 43.0 Å². The third-order valence-electron chi connectivity index (χ3n) is 3.02. The molecule has 1 atom stereocenters. The lowest BCUT2D eigenvalue weighted by molar-refractivity contribution is 0.207. The normalized spacial score (nSPS) is 18.7. The number of nitrogens with zero attached hydrogens (tertiary/aromatic N) is 2. The topological polar surface area (TPSA) is 38.0 Å². The number of aromatic nitrogens is 2. The third kappa shape index (κ3) is 2.12. The number of rotatable bonds is 2. The van der Waals surface area contributed by atoms with Gasteiger partial charge in [-0.05, 0) is 38.2 Å². The molecule has 3 heteroatoms. The van der Waals surface area contributed by atoms with Crippen LogP contribution in [-0.4, -0.2) is 14.9 Å². The largest absolute Gasteiger partial charge is 0.384 e. The van der Waals surface area contributed by atoms with Crippen molar-refractivity contribution in [2.24, 2.45) is 7.05 Å². The van der Waals surface area contributed by atoms with E-state index < -0.39 is 6.10 Å². The number of aryl methyl sites for hydroxylation is 2. The van der Waals surface area contributed by atoms with Crippen molar-refractivity contribution in [3.8, 4) is 0 Å². The van der Waals surface area contributed by atoms with Crippen LogP contribution in [0.4, 0.5) is 0 Å². The smallest absolute Gasteiger partial charge is 0.103 e. The number of hydrogen-bond acceptors (Lipinski definition) is 2. The number of aliphatic hydroxyl groups is 1. The van der Waals surface area contributed by atoms with Gasteiger partial charge in [-0.1, -0.05) is 6.08 Å². The zero-order chi connectivity index (χ0) is 10.8. The van der Waals surface area contributed by atoms with Crippen LogP contribution in [0.5, 0.6) is 0 Å². The molecule has 0 fully saturated rings. The minimum Gasteiger partial charge on any atom is -0.384 e. The van der Waals surface area contributed by atoms with Crippen molar-refractivity contribution < 1.29 is 5.11 Å². The van der Waals surface area contributed by atoms with Crippen molar-refractivity contribution in [3.05, 3.63) is 29.1 Å². The SMILES string of the molecule is Cc1nn(C)cc1C(O)C1=CCCCC1. The zero-order valence-corrected chi connectivity index (χ0v) is 9.40. The van der Waals surface area contributed by atoms with E-state index in [9.17, 15) is 5.11 Å². The Bertz CT molecular complexity index is 379. The molecule has 0 aromatic carbocycles. The summed E-state index contributed by atoms with van der Waals surface area (Å²) in [7, 11) is 1.89. The predicted octanol–water partition coefficient (Wildman–Crippen LogP) is 2.26. The van der Waals surface area contributed by atoms with Crippen molar-refractivity contribution in [1.82, 2.24) is 9.78 Å². The van der Waals surface area contributed by atoms with Crippen LogP contribution in [-0.2, 0) is 7.05 Å². The Hall–Kier alpha value is -1.09. The molecule has 1 aliphatic carbocycles. The van der Waals surface area contributed by atoms with E-state index in [0.29, 0.717) is 0 Å². The zero-order valence-electron chi connectivity index (χ0n) is 9.40. The van der Waals surface area contributed by atoms with Gasteiger partial charge in [-0.25, -0.2) is 0 Å². The summed E-state index contributed by atoms with van der Waals surface area (Å²) in [6.07, 6.45) is 8.22. The molecule has 1 unspecified atom stereocenters. The first kappa shape index (κ1) is 10.4. The quantitative estimate of drug-likeness (QED) is 0.754. The second kappa shape index (κ2) is 4.19. The van der Waals surface area contributed by atoms with Crippen LogP contribution < -0.4 is 0 Å². The molecule has 0 spiro atoms. The van der Waals surface area contributed by atoms with E-state index in [1.54, 1.807) is 4.68 Å². The Kier molecular flexibility index (Phi) is 2.91. The van der Waals surface area contributed by atoms with Gasteiger partial charge >= 0.3 is 0 Å². The summed E-state index contributed by atoms with van der Waals surface area (Å²) < 4.78 is 1.76. The average Bonchev–Trinajstić information content (AvgIpc) is 2.58. The van der Waals surface area contributed by atoms with Crippen LogP contribution in [0.15, 0.2) is 17.8 Å². The van der Waals surface area contributed by atoms with Gasteiger partial charge in [-0.15, -0.1) is 0 Å². The summed E-state index contributed by atoms with van der Waals surface area (Å²) in [4.78, 5) is 0. The molecule has 0 saturated carbocycles. The van der Waals surface area contributed by atoms with Gasteiger partial charge in [0.25, 0.3) is 0 Å². The van der Waals surface area contributed by atoms with Crippen molar-refractivity contribution in [2.45, 2.75) is 38.7 Å². The predicted molar refractivity (Wildman–Crippen MR) is 59.5 cm³/mol. The molecule has 3 nitrogen and oxygen atoms in total. The Balaban J connectivity index is 2.23. The maximum absolute atomic E-state index is 10.2. The molecular formula is C12H18N2O. The minimum atomic E-state index is -0.445. The third-order valence-corrected chi connectivity index (χ3v) is 3.02. The molecule has 1 aliphatic rings. The maximum Gasteiger partial charge on any atom is 0.103 e. The van der Waals surface area contributed by atoms with Gasteiger partial charge in [0.05, 0.1) is 5.69 Å². The molecule has 0 amide bonds. The minimum absolute atomic E-state index is 0.445. The fourth-order valence-corrected chi connectivity index (χ4v) is 2.20. The number of aliphatic hydroxyl groups excluding tert-OH is 1. The van der Waals surface area contributed by atoms with Crippen LogP contribution in [0.3, 0.4) is 0 Å². The van der Waals surface area contributed by atoms with Crippen molar-refractivity contribution in [3.63, 3.8) is 0 Å². The lowest BCUT2D eigenvalue weighted by atomic mass is 9.92. The molecule has 15 heavy (non-hydrogen) atoms. The van der Waals surface area contributed by atoms with Gasteiger partial charge in [0.1, 0.15) is 6.10 Å². The van der Waals surface area contributed by atoms with E-state index in [-0.39, 0.29) is 0 Å². The molecule has 82 valence electrons. The molecule has 2 rings (SSSR count). The second-order valence-corrected chi connectivity index (χ2v) is 4.27.